The minimum Gasteiger partial charge on any atom is -0.310 e. The van der Waals surface area contributed by atoms with Crippen LogP contribution in [0.5, 0.6) is 0 Å². The highest BCUT2D eigenvalue weighted by Crippen LogP contribution is 2.21. The Bertz CT molecular complexity index is 337. The fourth-order valence-electron chi connectivity index (χ4n) is 1.77. The zero-order valence-corrected chi connectivity index (χ0v) is 11.6. The topological polar surface area (TPSA) is 12.0 Å². The van der Waals surface area contributed by atoms with E-state index in [0.717, 1.165) is 28.6 Å². The van der Waals surface area contributed by atoms with E-state index in [4.69, 9.17) is 23.2 Å². The summed E-state index contributed by atoms with van der Waals surface area (Å²) in [6.07, 6.45) is 1.12. The van der Waals surface area contributed by atoms with Crippen molar-refractivity contribution in [2.45, 2.75) is 39.8 Å². The lowest BCUT2D eigenvalue weighted by atomic mass is 10.0. The van der Waals surface area contributed by atoms with E-state index in [2.05, 4.69) is 26.1 Å². The van der Waals surface area contributed by atoms with Crippen molar-refractivity contribution in [3.63, 3.8) is 0 Å². The van der Waals surface area contributed by atoms with E-state index in [1.54, 1.807) is 0 Å². The van der Waals surface area contributed by atoms with Crippen LogP contribution < -0.4 is 5.32 Å². The normalized spacial score (nSPS) is 13.1. The van der Waals surface area contributed by atoms with Crippen molar-refractivity contribution < 1.29 is 0 Å². The summed E-state index contributed by atoms with van der Waals surface area (Å²) in [5.41, 5.74) is 1.06. The SMILES string of the molecule is CCC(NCc1cc(Cl)ccc1Cl)C(C)C. The highest BCUT2D eigenvalue weighted by molar-refractivity contribution is 6.33. The first-order valence-electron chi connectivity index (χ1n) is 5.72. The van der Waals surface area contributed by atoms with Crippen molar-refractivity contribution in [2.75, 3.05) is 0 Å². The second-order valence-corrected chi connectivity index (χ2v) is 5.22. The lowest BCUT2D eigenvalue weighted by Gasteiger charge is -2.21. The molecule has 0 radical (unpaired) electrons. The van der Waals surface area contributed by atoms with Crippen molar-refractivity contribution in [1.29, 1.82) is 0 Å². The van der Waals surface area contributed by atoms with Gasteiger partial charge in [-0.3, -0.25) is 0 Å². The Morgan fingerprint density at radius 3 is 2.50 bits per heavy atom. The molecule has 0 amide bonds. The first kappa shape index (κ1) is 13.8. The van der Waals surface area contributed by atoms with Crippen LogP contribution in [0.25, 0.3) is 0 Å². The molecule has 1 N–H and O–H groups in total. The van der Waals surface area contributed by atoms with Gasteiger partial charge in [0.2, 0.25) is 0 Å². The van der Waals surface area contributed by atoms with Gasteiger partial charge in [0.1, 0.15) is 0 Å². The number of rotatable bonds is 5. The van der Waals surface area contributed by atoms with E-state index in [-0.39, 0.29) is 0 Å². The van der Waals surface area contributed by atoms with Gasteiger partial charge in [0.15, 0.2) is 0 Å². The van der Waals surface area contributed by atoms with Crippen LogP contribution in [0.2, 0.25) is 10.0 Å². The van der Waals surface area contributed by atoms with Gasteiger partial charge in [-0.1, -0.05) is 44.0 Å². The molecule has 0 heterocycles. The van der Waals surface area contributed by atoms with Gasteiger partial charge >= 0.3 is 0 Å². The summed E-state index contributed by atoms with van der Waals surface area (Å²) in [5.74, 6) is 0.628. The summed E-state index contributed by atoms with van der Waals surface area (Å²) in [6.45, 7) is 7.41. The number of hydrogen-bond acceptors (Lipinski definition) is 1. The first-order valence-corrected chi connectivity index (χ1v) is 6.47. The quantitative estimate of drug-likeness (QED) is 0.820. The Morgan fingerprint density at radius 1 is 1.25 bits per heavy atom. The predicted octanol–water partition coefficient (Wildman–Crippen LogP) is 4.52. The van der Waals surface area contributed by atoms with Crippen molar-refractivity contribution in [2.24, 2.45) is 5.92 Å². The molecule has 0 fully saturated rings. The maximum Gasteiger partial charge on any atom is 0.0451 e. The van der Waals surface area contributed by atoms with Gasteiger partial charge in [-0.25, -0.2) is 0 Å². The predicted molar refractivity (Wildman–Crippen MR) is 72.2 cm³/mol. The number of halogens is 2. The van der Waals surface area contributed by atoms with Gasteiger partial charge in [-0.2, -0.15) is 0 Å². The van der Waals surface area contributed by atoms with E-state index in [0.29, 0.717) is 12.0 Å². The molecule has 1 nitrogen and oxygen atoms in total. The maximum atomic E-state index is 6.10. The second-order valence-electron chi connectivity index (χ2n) is 4.38. The van der Waals surface area contributed by atoms with Crippen molar-refractivity contribution in [3.05, 3.63) is 33.8 Å². The van der Waals surface area contributed by atoms with Gasteiger partial charge in [0.05, 0.1) is 0 Å². The first-order chi connectivity index (χ1) is 7.54. The molecular formula is C13H19Cl2N. The summed E-state index contributed by atoms with van der Waals surface area (Å²) in [5, 5.41) is 5.02. The molecule has 0 bridgehead atoms. The average Bonchev–Trinajstić information content (AvgIpc) is 2.23. The minimum absolute atomic E-state index is 0.523. The van der Waals surface area contributed by atoms with Crippen LogP contribution in [0, 0.1) is 5.92 Å². The van der Waals surface area contributed by atoms with E-state index in [9.17, 15) is 0 Å². The van der Waals surface area contributed by atoms with Crippen LogP contribution in [0.4, 0.5) is 0 Å². The van der Waals surface area contributed by atoms with Gasteiger partial charge in [-0.15, -0.1) is 0 Å². The lowest BCUT2D eigenvalue weighted by molar-refractivity contribution is 0.387. The van der Waals surface area contributed by atoms with Crippen LogP contribution in [0.15, 0.2) is 18.2 Å². The summed E-state index contributed by atoms with van der Waals surface area (Å²) in [4.78, 5) is 0. The summed E-state index contributed by atoms with van der Waals surface area (Å²) < 4.78 is 0. The zero-order chi connectivity index (χ0) is 12.1. The van der Waals surface area contributed by atoms with Gasteiger partial charge < -0.3 is 5.32 Å². The molecule has 1 atom stereocenters. The van der Waals surface area contributed by atoms with Crippen LogP contribution in [0.3, 0.4) is 0 Å². The van der Waals surface area contributed by atoms with Crippen LogP contribution in [-0.2, 0) is 6.54 Å². The third-order valence-electron chi connectivity index (χ3n) is 2.81. The van der Waals surface area contributed by atoms with E-state index >= 15 is 0 Å². The Hall–Kier alpha value is -0.240. The summed E-state index contributed by atoms with van der Waals surface area (Å²) >= 11 is 12.0. The molecule has 0 saturated heterocycles. The standard InChI is InChI=1S/C13H19Cl2N/c1-4-13(9(2)3)16-8-10-7-11(14)5-6-12(10)15/h5-7,9,13,16H,4,8H2,1-3H3. The molecule has 0 aliphatic heterocycles. The third kappa shape index (κ3) is 3.97. The molecule has 1 unspecified atom stereocenters. The van der Waals surface area contributed by atoms with Crippen LogP contribution >= 0.6 is 23.2 Å². The Kier molecular flexibility index (Phi) is 5.60. The number of hydrogen-bond donors (Lipinski definition) is 1. The molecule has 0 spiro atoms. The van der Waals surface area contributed by atoms with E-state index in [1.165, 1.54) is 0 Å². The zero-order valence-electron chi connectivity index (χ0n) is 10.1. The Labute approximate surface area is 108 Å². The number of benzene rings is 1. The highest BCUT2D eigenvalue weighted by Gasteiger charge is 2.10. The smallest absolute Gasteiger partial charge is 0.0451 e. The van der Waals surface area contributed by atoms with E-state index < -0.39 is 0 Å². The molecule has 0 aliphatic carbocycles. The highest BCUT2D eigenvalue weighted by atomic mass is 35.5. The Balaban J connectivity index is 2.63. The van der Waals surface area contributed by atoms with E-state index in [1.807, 2.05) is 18.2 Å². The molecule has 0 aromatic heterocycles. The van der Waals surface area contributed by atoms with Crippen molar-refractivity contribution in [3.8, 4) is 0 Å². The minimum atomic E-state index is 0.523. The average molecular weight is 260 g/mol. The lowest BCUT2D eigenvalue weighted by Crippen LogP contribution is -2.32. The molecule has 1 aromatic rings. The van der Waals surface area contributed by atoms with Crippen molar-refractivity contribution in [1.82, 2.24) is 5.32 Å². The second kappa shape index (κ2) is 6.48. The van der Waals surface area contributed by atoms with Crippen LogP contribution in [0.1, 0.15) is 32.8 Å². The fourth-order valence-corrected chi connectivity index (χ4v) is 2.15. The molecular weight excluding hydrogens is 241 g/mol. The molecule has 90 valence electrons. The third-order valence-corrected chi connectivity index (χ3v) is 3.41. The molecule has 1 rings (SSSR count). The monoisotopic (exact) mass is 259 g/mol. The molecule has 16 heavy (non-hydrogen) atoms. The fraction of sp³-hybridized carbons (Fsp3) is 0.538. The maximum absolute atomic E-state index is 6.10. The molecule has 0 saturated carbocycles. The van der Waals surface area contributed by atoms with Crippen molar-refractivity contribution >= 4 is 23.2 Å². The van der Waals surface area contributed by atoms with Gasteiger partial charge in [-0.05, 0) is 36.1 Å². The van der Waals surface area contributed by atoms with Crippen LogP contribution in [-0.4, -0.2) is 6.04 Å². The molecule has 3 heteroatoms. The van der Waals surface area contributed by atoms with Gasteiger partial charge in [0.25, 0.3) is 0 Å². The summed E-state index contributed by atoms with van der Waals surface area (Å²) in [7, 11) is 0. The van der Waals surface area contributed by atoms with Gasteiger partial charge in [0, 0.05) is 22.6 Å². The molecule has 0 aliphatic rings. The summed E-state index contributed by atoms with van der Waals surface area (Å²) in [6, 6.07) is 6.10. The molecule has 1 aromatic carbocycles. The Morgan fingerprint density at radius 2 is 1.94 bits per heavy atom. The number of nitrogens with one attached hydrogen (secondary N) is 1. The largest absolute Gasteiger partial charge is 0.310 e.